The Morgan fingerprint density at radius 1 is 1.26 bits per heavy atom. The molecule has 0 aromatic heterocycles. The summed E-state index contributed by atoms with van der Waals surface area (Å²) >= 11 is 0. The molecule has 3 atom stereocenters. The second-order valence-corrected chi connectivity index (χ2v) is 6.63. The number of hydrogen-bond acceptors (Lipinski definition) is 6. The summed E-state index contributed by atoms with van der Waals surface area (Å²) in [5.74, 6) is 0.660. The number of imide groups is 1. The summed E-state index contributed by atoms with van der Waals surface area (Å²) in [6, 6.07) is -0.670. The summed E-state index contributed by atoms with van der Waals surface area (Å²) < 4.78 is 0. The van der Waals surface area contributed by atoms with Gasteiger partial charge in [0, 0.05) is 33.7 Å². The third-order valence-electron chi connectivity index (χ3n) is 4.84. The molecule has 2 fully saturated rings. The van der Waals surface area contributed by atoms with Gasteiger partial charge < -0.3 is 19.8 Å². The Morgan fingerprint density at radius 2 is 2.00 bits per heavy atom. The number of carbonyl (C=O) groups excluding carboxylic acids is 2. The summed E-state index contributed by atoms with van der Waals surface area (Å²) in [6.07, 6.45) is 1.42. The first-order valence-corrected chi connectivity index (χ1v) is 8.23. The maximum Gasteiger partial charge on any atom is 0.328 e. The number of aliphatic hydroxyl groups excluding tert-OH is 1. The van der Waals surface area contributed by atoms with Gasteiger partial charge in [0.05, 0.1) is 6.10 Å². The van der Waals surface area contributed by atoms with E-state index in [1.54, 1.807) is 18.9 Å². The molecule has 3 aliphatic rings. The van der Waals surface area contributed by atoms with E-state index in [-0.39, 0.29) is 18.0 Å². The van der Waals surface area contributed by atoms with Crippen molar-refractivity contribution < 1.29 is 14.7 Å². The molecule has 3 aliphatic heterocycles. The summed E-state index contributed by atoms with van der Waals surface area (Å²) in [7, 11) is 3.66. The highest BCUT2D eigenvalue weighted by atomic mass is 16.3. The topological polar surface area (TPSA) is 79.7 Å². The highest BCUT2D eigenvalue weighted by Crippen LogP contribution is 2.30. The van der Waals surface area contributed by atoms with Crippen LogP contribution in [0.5, 0.6) is 0 Å². The second kappa shape index (κ2) is 5.99. The minimum atomic E-state index is -0.415. The number of hydrogen-bond donors (Lipinski definition) is 1. The molecule has 3 rings (SSSR count). The zero-order valence-corrected chi connectivity index (χ0v) is 14.0. The molecule has 8 nitrogen and oxygen atoms in total. The molecular formula is C15H25N5O3. The Hall–Kier alpha value is -1.83. The number of carbonyl (C=O) groups is 2. The van der Waals surface area contributed by atoms with Gasteiger partial charge in [-0.15, -0.1) is 0 Å². The first-order chi connectivity index (χ1) is 10.9. The number of nitrogens with zero attached hydrogens (tertiary/aromatic N) is 5. The number of rotatable bonds is 5. The van der Waals surface area contributed by atoms with E-state index < -0.39 is 12.2 Å². The molecule has 23 heavy (non-hydrogen) atoms. The normalized spacial score (nSPS) is 28.3. The van der Waals surface area contributed by atoms with E-state index >= 15 is 0 Å². The summed E-state index contributed by atoms with van der Waals surface area (Å²) in [5, 5.41) is 9.30. The van der Waals surface area contributed by atoms with Gasteiger partial charge in [0.15, 0.2) is 18.2 Å². The van der Waals surface area contributed by atoms with Crippen LogP contribution in [0, 0.1) is 0 Å². The third-order valence-corrected chi connectivity index (χ3v) is 4.84. The van der Waals surface area contributed by atoms with E-state index in [0.29, 0.717) is 19.4 Å². The van der Waals surface area contributed by atoms with Crippen LogP contribution in [-0.2, 0) is 4.79 Å². The van der Waals surface area contributed by atoms with E-state index in [2.05, 4.69) is 4.99 Å². The van der Waals surface area contributed by atoms with Gasteiger partial charge in [-0.05, 0) is 26.2 Å². The molecule has 0 saturated carbocycles. The zero-order valence-electron chi connectivity index (χ0n) is 14.0. The van der Waals surface area contributed by atoms with Crippen LogP contribution in [0.25, 0.3) is 0 Å². The van der Waals surface area contributed by atoms with Gasteiger partial charge in [-0.3, -0.25) is 9.69 Å². The molecule has 0 aromatic rings. The minimum absolute atomic E-state index is 0.149. The summed E-state index contributed by atoms with van der Waals surface area (Å²) in [5.41, 5.74) is 0. The van der Waals surface area contributed by atoms with Gasteiger partial charge in [0.2, 0.25) is 0 Å². The first kappa shape index (κ1) is 16.0. The SMILES string of the molecule is C[C@@H](O)CCCCN1C(=O)C2C(N=C3N(C)CCN32)N(C)C1=O. The highest BCUT2D eigenvalue weighted by molar-refractivity contribution is 6.04. The maximum atomic E-state index is 12.8. The van der Waals surface area contributed by atoms with E-state index in [9.17, 15) is 14.7 Å². The van der Waals surface area contributed by atoms with Gasteiger partial charge in [-0.1, -0.05) is 0 Å². The van der Waals surface area contributed by atoms with Crippen LogP contribution in [0.1, 0.15) is 26.2 Å². The monoisotopic (exact) mass is 323 g/mol. The lowest BCUT2D eigenvalue weighted by Crippen LogP contribution is -2.64. The first-order valence-electron chi connectivity index (χ1n) is 8.23. The van der Waals surface area contributed by atoms with Gasteiger partial charge >= 0.3 is 6.03 Å². The molecule has 128 valence electrons. The standard InChI is InChI=1S/C15H25N5O3/c1-10(21)6-4-5-7-20-13(22)11-12(18(3)15(20)23)16-14-17(2)8-9-19(11)14/h10-12,21H,4-9H2,1-3H3/t10-,11?,12?/m1/s1. The maximum absolute atomic E-state index is 12.8. The lowest BCUT2D eigenvalue weighted by Gasteiger charge is -2.40. The van der Waals surface area contributed by atoms with Crippen LogP contribution in [0.2, 0.25) is 0 Å². The Bertz CT molecular complexity index is 535. The van der Waals surface area contributed by atoms with Crippen LogP contribution in [0.3, 0.4) is 0 Å². The average Bonchev–Trinajstić information content (AvgIpc) is 3.04. The van der Waals surface area contributed by atoms with Crippen molar-refractivity contribution in [3.8, 4) is 0 Å². The van der Waals surface area contributed by atoms with Gasteiger partial charge in [0.1, 0.15) is 0 Å². The molecule has 3 heterocycles. The number of unbranched alkanes of at least 4 members (excludes halogenated alkanes) is 1. The smallest absolute Gasteiger partial charge is 0.328 e. The Kier molecular flexibility index (Phi) is 4.18. The molecule has 1 N–H and O–H groups in total. The molecule has 2 unspecified atom stereocenters. The number of aliphatic hydroxyl groups is 1. The fourth-order valence-electron chi connectivity index (χ4n) is 3.50. The van der Waals surface area contributed by atoms with Crippen molar-refractivity contribution in [3.63, 3.8) is 0 Å². The second-order valence-electron chi connectivity index (χ2n) is 6.63. The number of urea groups is 1. The van der Waals surface area contributed by atoms with E-state index in [0.717, 1.165) is 25.5 Å². The molecule has 2 saturated heterocycles. The van der Waals surface area contributed by atoms with Crippen LogP contribution in [0.15, 0.2) is 4.99 Å². The van der Waals surface area contributed by atoms with E-state index in [4.69, 9.17) is 0 Å². The number of guanidine groups is 1. The quantitative estimate of drug-likeness (QED) is 0.706. The highest BCUT2D eigenvalue weighted by Gasteiger charge is 2.53. The van der Waals surface area contributed by atoms with Crippen LogP contribution < -0.4 is 0 Å². The van der Waals surface area contributed by atoms with Crippen molar-refractivity contribution in [2.24, 2.45) is 4.99 Å². The third kappa shape index (κ3) is 2.65. The van der Waals surface area contributed by atoms with Crippen molar-refractivity contribution in [3.05, 3.63) is 0 Å². The molecule has 0 aliphatic carbocycles. The Balaban J connectivity index is 1.70. The largest absolute Gasteiger partial charge is 0.393 e. The minimum Gasteiger partial charge on any atom is -0.393 e. The van der Waals surface area contributed by atoms with Gasteiger partial charge in [-0.2, -0.15) is 0 Å². The lowest BCUT2D eigenvalue weighted by molar-refractivity contribution is -0.137. The van der Waals surface area contributed by atoms with Crippen LogP contribution in [0.4, 0.5) is 4.79 Å². The molecule has 0 aromatic carbocycles. The van der Waals surface area contributed by atoms with Crippen molar-refractivity contribution in [1.29, 1.82) is 0 Å². The summed E-state index contributed by atoms with van der Waals surface area (Å²) in [4.78, 5) is 36.9. The fraction of sp³-hybridized carbons (Fsp3) is 0.800. The van der Waals surface area contributed by atoms with Crippen molar-refractivity contribution in [1.82, 2.24) is 19.6 Å². The molecule has 8 heteroatoms. The molecule has 0 radical (unpaired) electrons. The number of likely N-dealkylation sites (N-methyl/N-ethyl adjacent to an activating group) is 2. The lowest BCUT2D eigenvalue weighted by atomic mass is 10.1. The average molecular weight is 323 g/mol. The van der Waals surface area contributed by atoms with Crippen LogP contribution >= 0.6 is 0 Å². The van der Waals surface area contributed by atoms with Crippen molar-refractivity contribution in [2.75, 3.05) is 33.7 Å². The predicted octanol–water partition coefficient (Wildman–Crippen LogP) is -0.257. The fourth-order valence-corrected chi connectivity index (χ4v) is 3.50. The van der Waals surface area contributed by atoms with Gasteiger partial charge in [-0.25, -0.2) is 9.79 Å². The zero-order chi connectivity index (χ0) is 16.7. The molecule has 0 bridgehead atoms. The van der Waals surface area contributed by atoms with Crippen molar-refractivity contribution in [2.45, 2.75) is 44.5 Å². The van der Waals surface area contributed by atoms with E-state index in [1.807, 2.05) is 16.8 Å². The predicted molar refractivity (Wildman–Crippen MR) is 84.8 cm³/mol. The number of amides is 3. The Labute approximate surface area is 136 Å². The molecule has 3 amide bonds. The summed E-state index contributed by atoms with van der Waals surface area (Å²) in [6.45, 7) is 3.76. The van der Waals surface area contributed by atoms with Crippen LogP contribution in [-0.4, -0.2) is 94.6 Å². The molecular weight excluding hydrogens is 298 g/mol. The Morgan fingerprint density at radius 3 is 2.70 bits per heavy atom. The number of aliphatic imine (C=N–C) groups is 1. The van der Waals surface area contributed by atoms with E-state index in [1.165, 1.54) is 4.90 Å². The molecule has 0 spiro atoms. The number of fused-ring (bicyclic) bond motifs is 3. The van der Waals surface area contributed by atoms with Crippen molar-refractivity contribution >= 4 is 17.9 Å². The van der Waals surface area contributed by atoms with Gasteiger partial charge in [0.25, 0.3) is 5.91 Å².